The van der Waals surface area contributed by atoms with Gasteiger partial charge in [0.25, 0.3) is 0 Å². The average molecular weight is 643 g/mol. The maximum atomic E-state index is 12.8. The first-order valence-corrected chi connectivity index (χ1v) is 15.8. The summed E-state index contributed by atoms with van der Waals surface area (Å²) < 4.78 is 21.1. The second-order valence-electron chi connectivity index (χ2n) is 11.9. The molecule has 10 heteroatoms. The van der Waals surface area contributed by atoms with E-state index in [0.717, 1.165) is 29.9 Å². The van der Waals surface area contributed by atoms with Gasteiger partial charge < -0.3 is 29.2 Å². The number of carboxylic acids is 2. The molecule has 0 radical (unpaired) electrons. The predicted molar refractivity (Wildman–Crippen MR) is 171 cm³/mol. The summed E-state index contributed by atoms with van der Waals surface area (Å²) in [7, 11) is 0. The Hall–Kier alpha value is -4.80. The number of ether oxygens (including phenoxy) is 4. The van der Waals surface area contributed by atoms with E-state index in [1.807, 2.05) is 12.1 Å². The fourth-order valence-corrected chi connectivity index (χ4v) is 6.13. The topological polar surface area (TPSA) is 146 Å². The highest BCUT2D eigenvalue weighted by atomic mass is 16.7. The Balaban J connectivity index is 1.08. The summed E-state index contributed by atoms with van der Waals surface area (Å²) in [6.07, 6.45) is 4.66. The zero-order valence-corrected chi connectivity index (χ0v) is 25.9. The average Bonchev–Trinajstić information content (AvgIpc) is 3.56. The number of carbonyl (C=O) groups is 4. The number of unbranched alkanes of at least 4 members (excludes halogenated alkanes) is 1. The van der Waals surface area contributed by atoms with E-state index in [9.17, 15) is 29.4 Å². The fraction of sp³-hybridized carbons (Fsp3) is 0.351. The van der Waals surface area contributed by atoms with Crippen LogP contribution in [0.5, 0.6) is 5.75 Å². The Labute approximate surface area is 272 Å². The molecule has 1 aliphatic carbocycles. The minimum Gasteiger partial charge on any atom is -0.479 e. The third-order valence-corrected chi connectivity index (χ3v) is 8.77. The van der Waals surface area contributed by atoms with E-state index in [0.29, 0.717) is 23.7 Å². The van der Waals surface area contributed by atoms with E-state index in [4.69, 9.17) is 18.9 Å². The fourth-order valence-electron chi connectivity index (χ4n) is 6.13. The van der Waals surface area contributed by atoms with Gasteiger partial charge in [-0.3, -0.25) is 0 Å². The predicted octanol–water partition coefficient (Wildman–Crippen LogP) is 6.70. The van der Waals surface area contributed by atoms with Gasteiger partial charge in [0.1, 0.15) is 5.75 Å². The van der Waals surface area contributed by atoms with Gasteiger partial charge in [0, 0.05) is 11.6 Å². The smallest absolute Gasteiger partial charge is 0.343 e. The van der Waals surface area contributed by atoms with Crippen molar-refractivity contribution >= 4 is 23.9 Å². The first kappa shape index (κ1) is 33.6. The van der Waals surface area contributed by atoms with Gasteiger partial charge in [-0.2, -0.15) is 0 Å². The highest BCUT2D eigenvalue weighted by molar-refractivity contribution is 5.91. The van der Waals surface area contributed by atoms with E-state index >= 15 is 0 Å². The standard InChI is InChI=1S/C37H38O10/c1-2-31(38)44-22-4-3-5-23-6-8-24(9-7-23)25-10-12-26(13-11-25)27-14-16-28(17-15-27)36(43)45-30-20-18-29(19-21-30)37-46-32(34(39)40)33(47-37)35(41)42/h2,10-21,23-24,32-33,37H,1,3-9,22H2,(H,39,40)(H,41,42). The molecule has 0 aromatic heterocycles. The van der Waals surface area contributed by atoms with Crippen molar-refractivity contribution in [1.29, 1.82) is 0 Å². The molecule has 1 saturated carbocycles. The molecule has 2 unspecified atom stereocenters. The van der Waals surface area contributed by atoms with Crippen molar-refractivity contribution in [3.05, 3.63) is 102 Å². The SMILES string of the molecule is C=CC(=O)OCCCCC1CCC(c2ccc(-c3ccc(C(=O)Oc4ccc(C5OC(C(=O)O)C(C(=O)O)O5)cc4)cc3)cc2)CC1. The molecule has 246 valence electrons. The highest BCUT2D eigenvalue weighted by Crippen LogP contribution is 2.38. The molecule has 0 spiro atoms. The molecule has 0 bridgehead atoms. The van der Waals surface area contributed by atoms with E-state index in [1.165, 1.54) is 68.0 Å². The Morgan fingerprint density at radius 2 is 1.30 bits per heavy atom. The lowest BCUT2D eigenvalue weighted by Gasteiger charge is -2.29. The third kappa shape index (κ3) is 8.72. The van der Waals surface area contributed by atoms with Crippen LogP contribution in [0.2, 0.25) is 0 Å². The van der Waals surface area contributed by atoms with Gasteiger partial charge in [-0.05, 0) is 91.3 Å². The van der Waals surface area contributed by atoms with Gasteiger partial charge in [-0.15, -0.1) is 0 Å². The summed E-state index contributed by atoms with van der Waals surface area (Å²) >= 11 is 0. The van der Waals surface area contributed by atoms with Crippen molar-refractivity contribution in [2.24, 2.45) is 5.92 Å². The van der Waals surface area contributed by atoms with Crippen LogP contribution >= 0.6 is 0 Å². The summed E-state index contributed by atoms with van der Waals surface area (Å²) in [5.74, 6) is -2.23. The minimum atomic E-state index is -1.63. The van der Waals surface area contributed by atoms with Gasteiger partial charge >= 0.3 is 23.9 Å². The summed E-state index contributed by atoms with van der Waals surface area (Å²) in [5.41, 5.74) is 4.15. The van der Waals surface area contributed by atoms with Crippen LogP contribution in [-0.4, -0.2) is 52.9 Å². The Morgan fingerprint density at radius 1 is 0.745 bits per heavy atom. The van der Waals surface area contributed by atoms with Gasteiger partial charge in [0.15, 0.2) is 18.5 Å². The maximum absolute atomic E-state index is 12.8. The number of carbonyl (C=O) groups excluding carboxylic acids is 2. The van der Waals surface area contributed by atoms with Gasteiger partial charge in [-0.1, -0.05) is 61.5 Å². The lowest BCUT2D eigenvalue weighted by atomic mass is 9.77. The molecule has 5 rings (SSSR count). The zero-order valence-electron chi connectivity index (χ0n) is 25.9. The molecule has 2 atom stereocenters. The van der Waals surface area contributed by atoms with Gasteiger partial charge in [0.2, 0.25) is 0 Å². The van der Waals surface area contributed by atoms with Crippen molar-refractivity contribution < 1.29 is 48.3 Å². The number of carboxylic acid groups (broad SMARTS) is 2. The highest BCUT2D eigenvalue weighted by Gasteiger charge is 2.46. The maximum Gasteiger partial charge on any atom is 0.343 e. The van der Waals surface area contributed by atoms with E-state index < -0.39 is 36.4 Å². The van der Waals surface area contributed by atoms with Crippen LogP contribution in [0.15, 0.2) is 85.5 Å². The minimum absolute atomic E-state index is 0.251. The molecule has 2 N–H and O–H groups in total. The molecule has 47 heavy (non-hydrogen) atoms. The second-order valence-corrected chi connectivity index (χ2v) is 11.9. The molecule has 2 aliphatic rings. The van der Waals surface area contributed by atoms with Crippen LogP contribution in [0.3, 0.4) is 0 Å². The molecule has 3 aromatic carbocycles. The number of esters is 2. The molecule has 10 nitrogen and oxygen atoms in total. The van der Waals surface area contributed by atoms with Crippen molar-refractivity contribution in [3.63, 3.8) is 0 Å². The second kappa shape index (κ2) is 15.7. The lowest BCUT2D eigenvalue weighted by molar-refractivity contribution is -0.156. The van der Waals surface area contributed by atoms with Gasteiger partial charge in [-0.25, -0.2) is 19.2 Å². The van der Waals surface area contributed by atoms with Crippen molar-refractivity contribution in [2.75, 3.05) is 6.61 Å². The number of aliphatic carboxylic acids is 2. The largest absolute Gasteiger partial charge is 0.479 e. The molecule has 1 heterocycles. The van der Waals surface area contributed by atoms with Crippen LogP contribution in [0.4, 0.5) is 0 Å². The monoisotopic (exact) mass is 642 g/mol. The van der Waals surface area contributed by atoms with Crippen molar-refractivity contribution in [3.8, 4) is 16.9 Å². The lowest BCUT2D eigenvalue weighted by Crippen LogP contribution is -2.36. The third-order valence-electron chi connectivity index (χ3n) is 8.77. The van der Waals surface area contributed by atoms with Crippen LogP contribution in [0.25, 0.3) is 11.1 Å². The number of rotatable bonds is 13. The molecular formula is C37H38O10. The molecule has 3 aromatic rings. The Kier molecular flexibility index (Phi) is 11.2. The van der Waals surface area contributed by atoms with E-state index in [1.54, 1.807) is 12.1 Å². The van der Waals surface area contributed by atoms with Crippen LogP contribution in [0, 0.1) is 5.92 Å². The van der Waals surface area contributed by atoms with E-state index in [-0.39, 0.29) is 11.7 Å². The quantitative estimate of drug-likeness (QED) is 0.0894. The first-order chi connectivity index (χ1) is 22.7. The summed E-state index contributed by atoms with van der Waals surface area (Å²) in [4.78, 5) is 46.5. The molecule has 0 amide bonds. The Morgan fingerprint density at radius 3 is 1.85 bits per heavy atom. The molecule has 1 saturated heterocycles. The normalized spacial score (nSPS) is 22.3. The van der Waals surface area contributed by atoms with Crippen molar-refractivity contribution in [2.45, 2.75) is 69.4 Å². The van der Waals surface area contributed by atoms with E-state index in [2.05, 4.69) is 30.8 Å². The van der Waals surface area contributed by atoms with Gasteiger partial charge in [0.05, 0.1) is 12.2 Å². The molecule has 1 aliphatic heterocycles. The first-order valence-electron chi connectivity index (χ1n) is 15.8. The molecular weight excluding hydrogens is 604 g/mol. The zero-order chi connectivity index (χ0) is 33.3. The Bertz CT molecular complexity index is 1530. The van der Waals surface area contributed by atoms with Crippen LogP contribution in [0.1, 0.15) is 78.6 Å². The summed E-state index contributed by atoms with van der Waals surface area (Å²) in [5, 5.41) is 18.4. The summed E-state index contributed by atoms with van der Waals surface area (Å²) in [6, 6.07) is 21.9. The molecule has 2 fully saturated rings. The number of hydrogen-bond acceptors (Lipinski definition) is 8. The number of hydrogen-bond donors (Lipinski definition) is 2. The summed E-state index contributed by atoms with van der Waals surface area (Å²) in [6.45, 7) is 3.87. The van der Waals surface area contributed by atoms with Crippen LogP contribution in [-0.2, 0) is 28.6 Å². The van der Waals surface area contributed by atoms with Crippen molar-refractivity contribution in [1.82, 2.24) is 0 Å². The number of benzene rings is 3. The van der Waals surface area contributed by atoms with Crippen LogP contribution < -0.4 is 4.74 Å².